The van der Waals surface area contributed by atoms with Gasteiger partial charge >= 0.3 is 10.3 Å². The zero-order chi connectivity index (χ0) is 38.6. The van der Waals surface area contributed by atoms with Crippen LogP contribution < -0.4 is 16.1 Å². The molecule has 0 aliphatic carbocycles. The van der Waals surface area contributed by atoms with Gasteiger partial charge in [0.15, 0.2) is 34.3 Å². The van der Waals surface area contributed by atoms with Gasteiger partial charge in [0.1, 0.15) is 30.2 Å². The Morgan fingerprint density at radius 2 is 1.49 bits per heavy atom. The van der Waals surface area contributed by atoms with Gasteiger partial charge in [0.25, 0.3) is 5.56 Å². The van der Waals surface area contributed by atoms with Crippen LogP contribution in [0.3, 0.4) is 0 Å². The molecule has 0 aromatic carbocycles. The van der Waals surface area contributed by atoms with Crippen LogP contribution in [-0.2, 0) is 28.1 Å². The smallest absolute Gasteiger partial charge is 0.373 e. The van der Waals surface area contributed by atoms with Crippen molar-refractivity contribution in [1.82, 2.24) is 29.1 Å². The lowest BCUT2D eigenvalue weighted by atomic mass is 10.1. The van der Waals surface area contributed by atoms with Crippen molar-refractivity contribution in [1.29, 1.82) is 0 Å². The number of anilines is 1. The average molecular weight is 769 g/mol. The molecule has 0 radical (unpaired) electrons. The van der Waals surface area contributed by atoms with Gasteiger partial charge in [-0.3, -0.25) is 9.36 Å². The zero-order valence-electron chi connectivity index (χ0n) is 32.6. The van der Waals surface area contributed by atoms with Crippen LogP contribution in [0.1, 0.15) is 68.5 Å². The number of pyridine rings is 1. The van der Waals surface area contributed by atoms with Gasteiger partial charge in [-0.2, -0.15) is 13.2 Å². The Labute approximate surface area is 305 Å². The van der Waals surface area contributed by atoms with Gasteiger partial charge in [-0.1, -0.05) is 68.4 Å². The van der Waals surface area contributed by atoms with E-state index in [1.807, 2.05) is 0 Å². The lowest BCUT2D eigenvalue weighted by molar-refractivity contribution is -0.0445. The summed E-state index contributed by atoms with van der Waals surface area (Å²) in [7, 11) is -9.36. The molecule has 51 heavy (non-hydrogen) atoms. The quantitative estimate of drug-likeness (QED) is 0.220. The topological polar surface area (TPSA) is 178 Å². The summed E-state index contributed by atoms with van der Waals surface area (Å²) in [5.41, 5.74) is 6.37. The Morgan fingerprint density at radius 3 is 2.00 bits per heavy atom. The van der Waals surface area contributed by atoms with Crippen molar-refractivity contribution < 1.29 is 26.2 Å². The summed E-state index contributed by atoms with van der Waals surface area (Å²) < 4.78 is 54.5. The molecule has 4 heterocycles. The van der Waals surface area contributed by atoms with Gasteiger partial charge in [-0.05, 0) is 62.0 Å². The van der Waals surface area contributed by atoms with E-state index >= 15 is 0 Å². The fourth-order valence-corrected chi connectivity index (χ4v) is 8.26. The Hall–Kier alpha value is -2.72. The fraction of sp³-hybridized carbons (Fsp3) is 0.697. The minimum Gasteiger partial charge on any atom is -0.408 e. The molecule has 1 fully saturated rings. The molecule has 0 amide bonds. The maximum atomic E-state index is 13.0. The highest BCUT2D eigenvalue weighted by Crippen LogP contribution is 2.46. The Bertz CT molecular complexity index is 1750. The van der Waals surface area contributed by atoms with Crippen LogP contribution in [0.2, 0.25) is 36.3 Å². The number of fused-ring (bicyclic) bond motifs is 1. The van der Waals surface area contributed by atoms with Gasteiger partial charge in [-0.25, -0.2) is 23.8 Å². The minimum absolute atomic E-state index is 0.159. The molecule has 1 aliphatic rings. The second-order valence-corrected chi connectivity index (χ2v) is 26.5. The van der Waals surface area contributed by atoms with Gasteiger partial charge in [-0.15, -0.1) is 0 Å². The summed E-state index contributed by atoms with van der Waals surface area (Å²) >= 11 is 0. The van der Waals surface area contributed by atoms with Gasteiger partial charge in [0.2, 0.25) is 0 Å². The number of nitrogens with one attached hydrogen (secondary N) is 1. The molecule has 3 aromatic rings. The van der Waals surface area contributed by atoms with E-state index in [9.17, 15) is 13.2 Å². The molecule has 3 aromatic heterocycles. The highest BCUT2D eigenvalue weighted by Gasteiger charge is 2.55. The highest BCUT2D eigenvalue weighted by molar-refractivity contribution is 7.87. The van der Waals surface area contributed by atoms with Crippen LogP contribution in [0, 0.1) is 0 Å². The first kappa shape index (κ1) is 42.7. The molecule has 4 atom stereocenters. The van der Waals surface area contributed by atoms with E-state index in [0.717, 1.165) is 4.68 Å². The summed E-state index contributed by atoms with van der Waals surface area (Å²) in [6, 6.07) is 4.25. The van der Waals surface area contributed by atoms with E-state index < -0.39 is 63.6 Å². The SMILES string of the molecule is CC(C)(C)[Si](C)(C)O[C@@H]1[C@H](O[Si](C)(C)C(C)(C)C)[C@@H](COS(=O)(=O)Nn2ccccc2=O)O[C@H]1n1cnc2c(N)ncnc21.CCN(CC)CC. The summed E-state index contributed by atoms with van der Waals surface area (Å²) in [6.45, 7) is 31.0. The molecule has 0 unspecified atom stereocenters. The Balaban J connectivity index is 0.000000908. The van der Waals surface area contributed by atoms with Crippen molar-refractivity contribution in [2.45, 2.75) is 123 Å². The number of imidazole rings is 1. The summed E-state index contributed by atoms with van der Waals surface area (Å²) in [5, 5.41) is -0.336. The molecule has 0 saturated carbocycles. The maximum absolute atomic E-state index is 13.0. The van der Waals surface area contributed by atoms with Crippen molar-refractivity contribution in [2.24, 2.45) is 0 Å². The predicted molar refractivity (Wildman–Crippen MR) is 206 cm³/mol. The molecule has 1 aliphatic heterocycles. The molecular weight excluding hydrogens is 709 g/mol. The van der Waals surface area contributed by atoms with E-state index in [1.165, 1.54) is 50.4 Å². The van der Waals surface area contributed by atoms with Gasteiger partial charge in [0, 0.05) is 12.3 Å². The first-order valence-electron chi connectivity index (χ1n) is 17.5. The third-order valence-corrected chi connectivity index (χ3v) is 20.0. The maximum Gasteiger partial charge on any atom is 0.373 e. The molecule has 3 N–H and O–H groups in total. The van der Waals surface area contributed by atoms with Crippen LogP contribution in [-0.4, -0.2) is 98.7 Å². The van der Waals surface area contributed by atoms with E-state index in [4.69, 9.17) is 23.5 Å². The normalized spacial score (nSPS) is 20.4. The van der Waals surface area contributed by atoms with E-state index in [-0.39, 0.29) is 15.9 Å². The number of hydrogen-bond acceptors (Lipinski definition) is 12. The lowest BCUT2D eigenvalue weighted by Gasteiger charge is -2.44. The van der Waals surface area contributed by atoms with Crippen molar-refractivity contribution >= 4 is 43.9 Å². The van der Waals surface area contributed by atoms with E-state index in [2.05, 4.69) is 113 Å². The Kier molecular flexibility index (Phi) is 13.8. The number of nitrogens with zero attached hydrogens (tertiary/aromatic N) is 6. The summed E-state index contributed by atoms with van der Waals surface area (Å²) in [6.07, 6.45) is 1.11. The molecule has 288 valence electrons. The van der Waals surface area contributed by atoms with Crippen LogP contribution >= 0.6 is 0 Å². The number of rotatable bonds is 13. The third kappa shape index (κ3) is 10.5. The van der Waals surface area contributed by atoms with Gasteiger partial charge in [0.05, 0.1) is 12.9 Å². The zero-order valence-corrected chi connectivity index (χ0v) is 35.4. The molecule has 1 saturated heterocycles. The average Bonchev–Trinajstić information content (AvgIpc) is 3.59. The molecule has 0 spiro atoms. The van der Waals surface area contributed by atoms with Crippen molar-refractivity contribution in [3.05, 3.63) is 47.4 Å². The molecular formula is C33H60N8O7SSi2. The first-order chi connectivity index (χ1) is 23.5. The second-order valence-electron chi connectivity index (χ2n) is 15.7. The van der Waals surface area contributed by atoms with Gasteiger partial charge < -0.3 is 24.2 Å². The predicted octanol–water partition coefficient (Wildman–Crippen LogP) is 5.10. The van der Waals surface area contributed by atoms with Crippen molar-refractivity contribution in [2.75, 3.05) is 36.8 Å². The number of hydrogen-bond donors (Lipinski definition) is 2. The third-order valence-electron chi connectivity index (χ3n) is 10.2. The highest BCUT2D eigenvalue weighted by atomic mass is 32.2. The van der Waals surface area contributed by atoms with E-state index in [1.54, 1.807) is 10.9 Å². The first-order valence-corrected chi connectivity index (χ1v) is 24.7. The largest absolute Gasteiger partial charge is 0.408 e. The second kappa shape index (κ2) is 16.5. The molecule has 0 bridgehead atoms. The molecule has 4 rings (SSSR count). The van der Waals surface area contributed by atoms with Crippen LogP contribution in [0.25, 0.3) is 11.2 Å². The number of ether oxygens (including phenoxy) is 1. The summed E-state index contributed by atoms with van der Waals surface area (Å²) in [5.74, 6) is 0.218. The van der Waals surface area contributed by atoms with E-state index in [0.29, 0.717) is 11.2 Å². The monoisotopic (exact) mass is 768 g/mol. The van der Waals surface area contributed by atoms with Crippen molar-refractivity contribution in [3.8, 4) is 0 Å². The number of nitrogens with two attached hydrogens (primary N) is 1. The van der Waals surface area contributed by atoms with Crippen LogP contribution in [0.15, 0.2) is 41.8 Å². The Morgan fingerprint density at radius 1 is 0.922 bits per heavy atom. The van der Waals surface area contributed by atoms with Crippen LogP contribution in [0.5, 0.6) is 0 Å². The van der Waals surface area contributed by atoms with Crippen molar-refractivity contribution in [3.63, 3.8) is 0 Å². The summed E-state index contributed by atoms with van der Waals surface area (Å²) in [4.78, 5) is 29.5. The fourth-order valence-electron chi connectivity index (χ4n) is 4.90. The number of aromatic nitrogens is 5. The molecule has 15 nitrogen and oxygen atoms in total. The minimum atomic E-state index is -4.43. The van der Waals surface area contributed by atoms with Crippen LogP contribution in [0.4, 0.5) is 5.82 Å². The standard InChI is InChI=1S/C27H45N7O7SSi2.C6H15N/c1-26(2,3)43(7,8)40-21-18(15-38-42(36,37)32-34-14-12-11-13-19(34)35)39-25(22(21)41-44(9,10)27(4,5)6)33-17-31-20-23(28)29-16-30-24(20)33;1-4-7(5-2)6-3/h11-14,16-18,21-22,25,32H,15H2,1-10H3,(H2,28,29,30);4-6H2,1-3H3/t18-,21-,22-,25-;/m1./s1. The molecule has 18 heteroatoms. The lowest BCUT2D eigenvalue weighted by Crippen LogP contribution is -2.54. The number of nitrogen functional groups attached to an aromatic ring is 1.